The molecule has 0 saturated heterocycles. The molecule has 0 aliphatic rings. The highest BCUT2D eigenvalue weighted by molar-refractivity contribution is 6.00. The van der Waals surface area contributed by atoms with Gasteiger partial charge in [0.2, 0.25) is 59.1 Å². The monoisotopic (exact) mass is 1230 g/mol. The van der Waals surface area contributed by atoms with Gasteiger partial charge in [0.25, 0.3) is 0 Å². The fourth-order valence-electron chi connectivity index (χ4n) is 7.77. The fraction of sp³-hybridized carbons (Fsp3) is 0.700. The van der Waals surface area contributed by atoms with Gasteiger partial charge in [-0.25, -0.2) is 0 Å². The van der Waals surface area contributed by atoms with Gasteiger partial charge in [0, 0.05) is 13.1 Å². The number of unbranched alkanes of at least 4 members (excludes halogenated alkanes) is 1. The lowest BCUT2D eigenvalue weighted by atomic mass is 10.00. The summed E-state index contributed by atoms with van der Waals surface area (Å²) in [4.78, 5) is 171. The summed E-state index contributed by atoms with van der Waals surface area (Å²) in [5.41, 5.74) is 22.1. The van der Waals surface area contributed by atoms with Gasteiger partial charge < -0.3 is 112 Å². The Labute approximate surface area is 496 Å². The number of guanidine groups is 2. The standard InChI is InChI=1S/C50H90N18O18/c1-22(2)18-31(64-39(76)27(52)19-34(71)72)43(80)61-30(14-11-17-58-50(55)56)42(79)67-36(23(3)4)46(83)65-32(20-35(73)74)44(81)68-37(26(7)70)47(84)63-28(12-8-9-15-51)41(78)66-33(21-69)45(82)62-29(13-10-16-57-49(53)54)40(77)59-24(5)38(75)60-25(6)48(85)86/h22-33,36-37,69-70H,8-21,51-52H2,1-7H3,(H,59,77)(H,60,75)(H,61,80)(H,62,82)(H,63,84)(H,64,76)(H,65,83)(H,66,78)(H,67,79)(H,68,81)(H,71,72)(H,73,74)(H,85,86)(H4,53,54,57)(H4,55,56,58)/t24-,25-,26+,27-,28-,29-,30-,31-,32-,33-,36-,37-/m0/s1. The average molecular weight is 1230 g/mol. The third kappa shape index (κ3) is 30.9. The zero-order valence-corrected chi connectivity index (χ0v) is 49.3. The normalized spacial score (nSPS) is 15.2. The Bertz CT molecular complexity index is 2360. The average Bonchev–Trinajstić information content (AvgIpc) is 3.37. The number of aliphatic carboxylic acids is 3. The van der Waals surface area contributed by atoms with Crippen LogP contribution in [0.3, 0.4) is 0 Å². The molecule has 0 aromatic carbocycles. The lowest BCUT2D eigenvalue weighted by molar-refractivity contribution is -0.142. The highest BCUT2D eigenvalue weighted by atomic mass is 16.4. The van der Waals surface area contributed by atoms with Crippen molar-refractivity contribution in [2.75, 3.05) is 26.2 Å². The molecule has 0 unspecified atom stereocenters. The molecule has 0 aromatic rings. The summed E-state index contributed by atoms with van der Waals surface area (Å²) in [6.45, 7) is 8.90. The molecule has 0 saturated carbocycles. The number of nitrogens with two attached hydrogens (primary N) is 4. The van der Waals surface area contributed by atoms with Crippen molar-refractivity contribution in [1.29, 1.82) is 10.8 Å². The van der Waals surface area contributed by atoms with E-state index in [0.717, 1.165) is 6.92 Å². The van der Waals surface area contributed by atoms with E-state index in [1.165, 1.54) is 27.7 Å². The molecule has 0 aliphatic heterocycles. The van der Waals surface area contributed by atoms with E-state index in [1.54, 1.807) is 13.8 Å². The summed E-state index contributed by atoms with van der Waals surface area (Å²) in [5.74, 6) is -17.0. The van der Waals surface area contributed by atoms with E-state index >= 15 is 0 Å². The number of hydrogen-bond donors (Lipinski definition) is 23. The lowest BCUT2D eigenvalue weighted by Crippen LogP contribution is -2.62. The number of carboxylic acids is 3. The minimum Gasteiger partial charge on any atom is -0.481 e. The molecule has 0 heterocycles. The first-order chi connectivity index (χ1) is 40.1. The molecule has 0 rings (SSSR count). The van der Waals surface area contributed by atoms with Gasteiger partial charge >= 0.3 is 17.9 Å². The SMILES string of the molecule is CC(C)C[C@H](NC(=O)[C@@H](N)CC(=O)O)C(=O)N[C@@H](CCCNC(=N)N)C(=O)N[C@H](C(=O)N[C@@H](CC(=O)O)C(=O)N[C@H](C(=O)N[C@@H](CCCCN)C(=O)N[C@@H](CO)C(=O)N[C@@H](CCCNC(=N)N)C(=O)N[C@@H](C)C(=O)N[C@@H](C)C(=O)O)[C@@H](C)O)C(C)C. The van der Waals surface area contributed by atoms with Crippen LogP contribution >= 0.6 is 0 Å². The van der Waals surface area contributed by atoms with E-state index in [0.29, 0.717) is 0 Å². The summed E-state index contributed by atoms with van der Waals surface area (Å²) in [5, 5.41) is 92.4. The number of carbonyl (C=O) groups is 13. The molecular weight excluding hydrogens is 1140 g/mol. The first-order valence-corrected chi connectivity index (χ1v) is 27.7. The Morgan fingerprint density at radius 3 is 1.27 bits per heavy atom. The molecule has 488 valence electrons. The Kier molecular flexibility index (Phi) is 36.0. The number of nitrogens with one attached hydrogen (secondary N) is 14. The maximum Gasteiger partial charge on any atom is 0.325 e. The van der Waals surface area contributed by atoms with Crippen LogP contribution in [0.4, 0.5) is 0 Å². The predicted octanol–water partition coefficient (Wildman–Crippen LogP) is -8.03. The minimum absolute atomic E-state index is 0.00223. The van der Waals surface area contributed by atoms with Gasteiger partial charge in [-0.3, -0.25) is 73.1 Å². The van der Waals surface area contributed by atoms with Crippen molar-refractivity contribution in [3.05, 3.63) is 0 Å². The highest BCUT2D eigenvalue weighted by Gasteiger charge is 2.38. The van der Waals surface area contributed by atoms with E-state index in [9.17, 15) is 77.6 Å². The summed E-state index contributed by atoms with van der Waals surface area (Å²) in [7, 11) is 0. The van der Waals surface area contributed by atoms with E-state index < -0.39 is 187 Å². The summed E-state index contributed by atoms with van der Waals surface area (Å²) in [6.07, 6.45) is -3.66. The van der Waals surface area contributed by atoms with Gasteiger partial charge in [0.05, 0.1) is 31.6 Å². The Morgan fingerprint density at radius 1 is 0.442 bits per heavy atom. The van der Waals surface area contributed by atoms with Crippen LogP contribution in [0.15, 0.2) is 0 Å². The summed E-state index contributed by atoms with van der Waals surface area (Å²) >= 11 is 0. The van der Waals surface area contributed by atoms with Crippen LogP contribution < -0.4 is 86.7 Å². The van der Waals surface area contributed by atoms with Crippen molar-refractivity contribution < 1.29 is 87.9 Å². The lowest BCUT2D eigenvalue weighted by Gasteiger charge is -2.29. The van der Waals surface area contributed by atoms with Crippen LogP contribution in [-0.2, 0) is 62.3 Å². The number of hydrogen-bond acceptors (Lipinski definition) is 19. The first kappa shape index (κ1) is 77.5. The molecule has 36 heteroatoms. The third-order valence-corrected chi connectivity index (χ3v) is 12.5. The van der Waals surface area contributed by atoms with E-state index in [2.05, 4.69) is 63.8 Å². The van der Waals surface area contributed by atoms with Crippen LogP contribution in [0.1, 0.15) is 113 Å². The van der Waals surface area contributed by atoms with Gasteiger partial charge in [0.15, 0.2) is 11.9 Å². The molecule has 0 radical (unpaired) electrons. The molecule has 86 heavy (non-hydrogen) atoms. The van der Waals surface area contributed by atoms with Crippen LogP contribution in [0.2, 0.25) is 0 Å². The van der Waals surface area contributed by atoms with Gasteiger partial charge in [0.1, 0.15) is 60.4 Å². The molecule has 10 amide bonds. The predicted molar refractivity (Wildman–Crippen MR) is 305 cm³/mol. The second-order valence-electron chi connectivity index (χ2n) is 21.0. The fourth-order valence-corrected chi connectivity index (χ4v) is 7.77. The van der Waals surface area contributed by atoms with Gasteiger partial charge in [-0.15, -0.1) is 0 Å². The van der Waals surface area contributed by atoms with Crippen molar-refractivity contribution in [2.45, 2.75) is 185 Å². The number of rotatable bonds is 42. The number of aliphatic hydroxyl groups is 2. The molecule has 0 aromatic heterocycles. The second kappa shape index (κ2) is 39.9. The number of carbonyl (C=O) groups excluding carboxylic acids is 10. The Balaban J connectivity index is 6.73. The number of aliphatic hydroxyl groups excluding tert-OH is 2. The zero-order chi connectivity index (χ0) is 66.1. The number of carboxylic acid groups (broad SMARTS) is 3. The molecule has 12 atom stereocenters. The Hall–Kier alpha value is -8.51. The molecule has 36 nitrogen and oxygen atoms in total. The topological polar surface area (TPSA) is 619 Å². The van der Waals surface area contributed by atoms with Crippen LogP contribution in [0, 0.1) is 22.7 Å². The van der Waals surface area contributed by atoms with Crippen molar-refractivity contribution >= 4 is 88.9 Å². The molecule has 0 fully saturated rings. The van der Waals surface area contributed by atoms with E-state index in [-0.39, 0.29) is 76.9 Å². The van der Waals surface area contributed by atoms with Crippen molar-refractivity contribution in [3.63, 3.8) is 0 Å². The van der Waals surface area contributed by atoms with Gasteiger partial charge in [-0.05, 0) is 90.5 Å². The van der Waals surface area contributed by atoms with E-state index in [4.69, 9.17) is 44.0 Å². The van der Waals surface area contributed by atoms with Crippen molar-refractivity contribution in [2.24, 2.45) is 34.8 Å². The molecule has 0 aliphatic carbocycles. The molecule has 0 bridgehead atoms. The second-order valence-corrected chi connectivity index (χ2v) is 21.0. The largest absolute Gasteiger partial charge is 0.481 e. The van der Waals surface area contributed by atoms with Crippen LogP contribution in [0.5, 0.6) is 0 Å². The van der Waals surface area contributed by atoms with Crippen LogP contribution in [0.25, 0.3) is 0 Å². The Morgan fingerprint density at radius 2 is 0.826 bits per heavy atom. The molecule has 0 spiro atoms. The third-order valence-electron chi connectivity index (χ3n) is 12.5. The molecular formula is C50H90N18O18. The van der Waals surface area contributed by atoms with Crippen molar-refractivity contribution in [1.82, 2.24) is 63.8 Å². The molecule has 27 N–H and O–H groups in total. The maximum atomic E-state index is 14.0. The minimum atomic E-state index is -2.03. The summed E-state index contributed by atoms with van der Waals surface area (Å²) in [6, 6.07) is -17.5. The zero-order valence-electron chi connectivity index (χ0n) is 49.3. The number of amides is 10. The van der Waals surface area contributed by atoms with Crippen LogP contribution in [-0.4, -0.2) is 213 Å². The maximum absolute atomic E-state index is 14.0. The van der Waals surface area contributed by atoms with Gasteiger partial charge in [-0.2, -0.15) is 0 Å². The smallest absolute Gasteiger partial charge is 0.325 e. The first-order valence-electron chi connectivity index (χ1n) is 27.7. The quantitative estimate of drug-likeness (QED) is 0.0153. The summed E-state index contributed by atoms with van der Waals surface area (Å²) < 4.78 is 0. The van der Waals surface area contributed by atoms with Gasteiger partial charge in [-0.1, -0.05) is 27.7 Å². The van der Waals surface area contributed by atoms with E-state index in [1.807, 2.05) is 0 Å². The van der Waals surface area contributed by atoms with Crippen molar-refractivity contribution in [3.8, 4) is 0 Å². The highest BCUT2D eigenvalue weighted by Crippen LogP contribution is 2.12.